The second-order valence-electron chi connectivity index (χ2n) is 21.2. The van der Waals surface area contributed by atoms with Gasteiger partial charge < -0.3 is 15.3 Å². The minimum Gasteiger partial charge on any atom is -0.394 e. The van der Waals surface area contributed by atoms with Crippen molar-refractivity contribution in [1.82, 2.24) is 0 Å². The lowest BCUT2D eigenvalue weighted by molar-refractivity contribution is -0.113. The standard InChI is InChI=1S/C57H114OS.C3H8O3/c1-4-7-10-13-16-19-22-25-28-31-34-37-40-43-46-49-52-57(55-56(58)59,53-50-47-44-41-38-35-32-29-26-23-20-17-14-11-8-5-2)54-51-48-45-42-39-36-33-30-27-24-21-18-15-12-9-6-3;4-1-3(6)2-5/h4-55H2,1-3H3,(H,58,59);3-6H,1-2H2. The highest BCUT2D eigenvalue weighted by Crippen LogP contribution is 2.41. The van der Waals surface area contributed by atoms with Crippen LogP contribution in [0.15, 0.2) is 0 Å². The van der Waals surface area contributed by atoms with E-state index in [0.717, 1.165) is 0 Å². The number of carbonyl (C=O) groups is 1. The lowest BCUT2D eigenvalue weighted by Crippen LogP contribution is -2.24. The number of aliphatic hydroxyl groups excluding tert-OH is 3. The lowest BCUT2D eigenvalue weighted by atomic mass is 9.72. The van der Waals surface area contributed by atoms with Crippen LogP contribution in [0.4, 0.5) is 0 Å². The highest BCUT2D eigenvalue weighted by molar-refractivity contribution is 7.96. The molecule has 0 bridgehead atoms. The van der Waals surface area contributed by atoms with Gasteiger partial charge in [0.25, 0.3) is 0 Å². The summed E-state index contributed by atoms with van der Waals surface area (Å²) in [5.74, 6) is 0. The Balaban J connectivity index is 0. The van der Waals surface area contributed by atoms with Crippen LogP contribution < -0.4 is 0 Å². The number of thiol groups is 1. The molecule has 0 heterocycles. The van der Waals surface area contributed by atoms with E-state index in [9.17, 15) is 4.79 Å². The Morgan fingerprint density at radius 3 is 0.600 bits per heavy atom. The molecule has 0 rings (SSSR count). The molecule has 65 heavy (non-hydrogen) atoms. The van der Waals surface area contributed by atoms with Gasteiger partial charge >= 0.3 is 0 Å². The number of aliphatic hydroxyl groups is 3. The maximum atomic E-state index is 12.6. The van der Waals surface area contributed by atoms with Gasteiger partial charge in [-0.15, -0.1) is 12.6 Å². The van der Waals surface area contributed by atoms with E-state index in [1.165, 1.54) is 327 Å². The van der Waals surface area contributed by atoms with Crippen LogP contribution in [-0.2, 0) is 4.79 Å². The van der Waals surface area contributed by atoms with Gasteiger partial charge in [-0.25, -0.2) is 0 Å². The Hall–Kier alpha value is -0.100. The maximum Gasteiger partial charge on any atom is 0.186 e. The topological polar surface area (TPSA) is 77.8 Å². The summed E-state index contributed by atoms with van der Waals surface area (Å²) in [5.41, 5.74) is 0.209. The van der Waals surface area contributed by atoms with Gasteiger partial charge in [0.1, 0.15) is 6.10 Å². The zero-order valence-electron chi connectivity index (χ0n) is 45.0. The summed E-state index contributed by atoms with van der Waals surface area (Å²) >= 11 is 4.42. The monoisotopic (exact) mass is 939 g/mol. The van der Waals surface area contributed by atoms with Crippen LogP contribution in [0.25, 0.3) is 0 Å². The molecule has 4 nitrogen and oxygen atoms in total. The molecule has 0 unspecified atom stereocenters. The third kappa shape index (κ3) is 56.4. The first-order valence-electron chi connectivity index (χ1n) is 30.0. The van der Waals surface area contributed by atoms with Crippen molar-refractivity contribution in [3.05, 3.63) is 0 Å². The van der Waals surface area contributed by atoms with Crippen molar-refractivity contribution in [3.8, 4) is 0 Å². The van der Waals surface area contributed by atoms with Gasteiger partial charge in [0, 0.05) is 6.42 Å². The second-order valence-corrected chi connectivity index (χ2v) is 21.7. The predicted molar refractivity (Wildman–Crippen MR) is 294 cm³/mol. The van der Waals surface area contributed by atoms with Crippen LogP contribution >= 0.6 is 12.6 Å². The summed E-state index contributed by atoms with van der Waals surface area (Å²) in [4.78, 5) is 12.6. The van der Waals surface area contributed by atoms with E-state index in [1.54, 1.807) is 0 Å². The van der Waals surface area contributed by atoms with Crippen molar-refractivity contribution in [1.29, 1.82) is 0 Å². The molecule has 3 N–H and O–H groups in total. The van der Waals surface area contributed by atoms with Gasteiger partial charge in [0.05, 0.1) is 13.2 Å². The smallest absolute Gasteiger partial charge is 0.186 e. The third-order valence-corrected chi connectivity index (χ3v) is 14.8. The molecule has 0 fully saturated rings. The first kappa shape index (κ1) is 67.0. The molecule has 0 saturated heterocycles. The molecule has 0 amide bonds. The number of hydrogen-bond donors (Lipinski definition) is 4. The molecule has 0 spiro atoms. The Morgan fingerprint density at radius 2 is 0.477 bits per heavy atom. The second kappa shape index (κ2) is 58.2. The predicted octanol–water partition coefficient (Wildman–Crippen LogP) is 20.1. The molecule has 0 aliphatic heterocycles. The summed E-state index contributed by atoms with van der Waals surface area (Å²) in [6.07, 6.45) is 71.8. The minimum absolute atomic E-state index is 0.148. The Morgan fingerprint density at radius 1 is 0.323 bits per heavy atom. The van der Waals surface area contributed by atoms with E-state index < -0.39 is 6.10 Å². The van der Waals surface area contributed by atoms with Gasteiger partial charge in [-0.05, 0) is 24.7 Å². The number of carbonyl (C=O) groups excluding carboxylic acids is 1. The van der Waals surface area contributed by atoms with Gasteiger partial charge in [-0.3, -0.25) is 4.79 Å². The summed E-state index contributed by atoms with van der Waals surface area (Å²) in [6, 6.07) is 0. The molecule has 0 aromatic heterocycles. The summed E-state index contributed by atoms with van der Waals surface area (Å²) in [7, 11) is 0. The van der Waals surface area contributed by atoms with E-state index in [4.69, 9.17) is 15.3 Å². The number of hydrogen-bond acceptors (Lipinski definition) is 4. The van der Waals surface area contributed by atoms with Gasteiger partial charge in [0.2, 0.25) is 0 Å². The molecule has 0 aromatic carbocycles. The molecule has 392 valence electrons. The normalized spacial score (nSPS) is 11.8. The van der Waals surface area contributed by atoms with Crippen LogP contribution in [0.5, 0.6) is 0 Å². The van der Waals surface area contributed by atoms with E-state index in [1.807, 2.05) is 0 Å². The van der Waals surface area contributed by atoms with Crippen LogP contribution in [0, 0.1) is 5.41 Å². The van der Waals surface area contributed by atoms with Crippen LogP contribution in [0.3, 0.4) is 0 Å². The van der Waals surface area contributed by atoms with Crippen LogP contribution in [0.1, 0.15) is 355 Å². The van der Waals surface area contributed by atoms with E-state index in [0.29, 0.717) is 6.42 Å². The van der Waals surface area contributed by atoms with Gasteiger partial charge in [-0.1, -0.05) is 329 Å². The quantitative estimate of drug-likeness (QED) is 0.0362. The van der Waals surface area contributed by atoms with Crippen molar-refractivity contribution in [2.75, 3.05) is 13.2 Å². The van der Waals surface area contributed by atoms with E-state index in [2.05, 4.69) is 33.4 Å². The van der Waals surface area contributed by atoms with E-state index >= 15 is 0 Å². The average Bonchev–Trinajstić information content (AvgIpc) is 3.30. The Bertz CT molecular complexity index is 774. The van der Waals surface area contributed by atoms with Gasteiger partial charge in [0.15, 0.2) is 5.12 Å². The molecular weight excluding hydrogens is 817 g/mol. The molecule has 0 atom stereocenters. The minimum atomic E-state index is -0.954. The van der Waals surface area contributed by atoms with Crippen molar-refractivity contribution in [3.63, 3.8) is 0 Å². The average molecular weight is 940 g/mol. The van der Waals surface area contributed by atoms with Crippen molar-refractivity contribution in [2.24, 2.45) is 5.41 Å². The number of unbranched alkanes of at least 4 members (excludes halogenated alkanes) is 45. The highest BCUT2D eigenvalue weighted by Gasteiger charge is 2.30. The number of rotatable bonds is 55. The molecule has 0 radical (unpaired) electrons. The SMILES string of the molecule is CCCCCCCCCCCCCCCCCCC(CCCCCCCCCCCCCCCCCC)(CCCCCCCCCCCCCCCCCC)CC(=O)S.OCC(O)CO. The lowest BCUT2D eigenvalue weighted by Gasteiger charge is -2.34. The first-order chi connectivity index (χ1) is 31.9. The zero-order valence-corrected chi connectivity index (χ0v) is 45.9. The van der Waals surface area contributed by atoms with Crippen molar-refractivity contribution in [2.45, 2.75) is 361 Å². The summed E-state index contributed by atoms with van der Waals surface area (Å²) < 4.78 is 0. The van der Waals surface area contributed by atoms with Gasteiger partial charge in [-0.2, -0.15) is 0 Å². The summed E-state index contributed by atoms with van der Waals surface area (Å²) in [5, 5.41) is 24.2. The molecular formula is C60H122O4S. The third-order valence-electron chi connectivity index (χ3n) is 14.6. The molecule has 0 aliphatic rings. The summed E-state index contributed by atoms with van der Waals surface area (Å²) in [6.45, 7) is 6.20. The molecule has 0 aliphatic carbocycles. The molecule has 5 heteroatoms. The van der Waals surface area contributed by atoms with Crippen LogP contribution in [-0.4, -0.2) is 39.8 Å². The largest absolute Gasteiger partial charge is 0.394 e. The van der Waals surface area contributed by atoms with Crippen molar-refractivity contribution >= 4 is 17.7 Å². The molecule has 0 saturated carbocycles. The Kier molecular flexibility index (Phi) is 60.0. The van der Waals surface area contributed by atoms with Crippen molar-refractivity contribution < 1.29 is 20.1 Å². The fourth-order valence-electron chi connectivity index (χ4n) is 10.2. The highest BCUT2D eigenvalue weighted by atomic mass is 32.1. The first-order valence-corrected chi connectivity index (χ1v) is 30.5. The maximum absolute atomic E-state index is 12.6. The fraction of sp³-hybridized carbons (Fsp3) is 0.983. The Labute approximate surface area is 415 Å². The molecule has 0 aromatic rings. The van der Waals surface area contributed by atoms with Crippen LogP contribution in [0.2, 0.25) is 0 Å². The van der Waals surface area contributed by atoms with E-state index in [-0.39, 0.29) is 23.7 Å². The zero-order chi connectivity index (χ0) is 47.8. The fourth-order valence-corrected chi connectivity index (χ4v) is 10.5.